The lowest BCUT2D eigenvalue weighted by molar-refractivity contribution is 0.0528. The molecule has 4 rings (SSSR count). The van der Waals surface area contributed by atoms with Crippen LogP contribution in [0.2, 0.25) is 0 Å². The van der Waals surface area contributed by atoms with Crippen LogP contribution in [-0.4, -0.2) is 60.3 Å². The number of carbonyl (C=O) groups is 1. The van der Waals surface area contributed by atoms with Gasteiger partial charge in [0.1, 0.15) is 23.0 Å². The van der Waals surface area contributed by atoms with Crippen molar-refractivity contribution in [2.45, 2.75) is 33.2 Å². The summed E-state index contributed by atoms with van der Waals surface area (Å²) in [5, 5.41) is 14.9. The van der Waals surface area contributed by atoms with Crippen LogP contribution in [0.4, 0.5) is 5.82 Å². The summed E-state index contributed by atoms with van der Waals surface area (Å²) < 4.78 is 7.12. The summed E-state index contributed by atoms with van der Waals surface area (Å²) in [5.74, 6) is 0.479. The van der Waals surface area contributed by atoms with Gasteiger partial charge in [0, 0.05) is 24.7 Å². The molecule has 7 nitrogen and oxygen atoms in total. The van der Waals surface area contributed by atoms with Crippen molar-refractivity contribution < 1.29 is 9.53 Å². The lowest BCUT2D eigenvalue weighted by atomic mass is 9.95. The summed E-state index contributed by atoms with van der Waals surface area (Å²) in [6.45, 7) is 7.52. The summed E-state index contributed by atoms with van der Waals surface area (Å²) in [5.41, 5.74) is 4.78. The number of nitrogens with zero attached hydrogens (tertiary/aromatic N) is 5. The van der Waals surface area contributed by atoms with E-state index in [0.717, 1.165) is 42.0 Å². The maximum atomic E-state index is 12.8. The normalized spacial score (nSPS) is 16.0. The number of esters is 1. The lowest BCUT2D eigenvalue weighted by Crippen LogP contribution is -2.32. The molecule has 1 saturated heterocycles. The smallest absolute Gasteiger partial charge is 0.342 e. The number of fused-ring (bicyclic) bond motifs is 1. The summed E-state index contributed by atoms with van der Waals surface area (Å²) >= 11 is 0. The third-order valence-electron chi connectivity index (χ3n) is 6.32. The van der Waals surface area contributed by atoms with Crippen LogP contribution in [0, 0.1) is 25.2 Å². The monoisotopic (exact) mass is 431 g/mol. The predicted octanol–water partition coefficient (Wildman–Crippen LogP) is 3.81. The maximum absolute atomic E-state index is 12.8. The molecule has 0 amide bonds. The van der Waals surface area contributed by atoms with Gasteiger partial charge in [0.15, 0.2) is 0 Å². The van der Waals surface area contributed by atoms with Gasteiger partial charge in [-0.05, 0) is 52.4 Å². The Hall–Kier alpha value is -3.37. The first kappa shape index (κ1) is 21.8. The Bertz CT molecular complexity index is 1210. The molecule has 1 aromatic carbocycles. The van der Waals surface area contributed by atoms with E-state index in [1.807, 2.05) is 25.1 Å². The highest BCUT2D eigenvalue weighted by Crippen LogP contribution is 2.40. The second kappa shape index (κ2) is 8.64. The molecule has 2 aromatic heterocycles. The van der Waals surface area contributed by atoms with Crippen LogP contribution in [-0.2, 0) is 4.74 Å². The Balaban J connectivity index is 2.08. The van der Waals surface area contributed by atoms with Gasteiger partial charge in [-0.2, -0.15) is 10.4 Å². The van der Waals surface area contributed by atoms with Crippen LogP contribution in [0.15, 0.2) is 30.3 Å². The second-order valence-corrected chi connectivity index (χ2v) is 8.47. The fraction of sp³-hybridized carbons (Fsp3) is 0.400. The van der Waals surface area contributed by atoms with Crippen LogP contribution < -0.4 is 4.90 Å². The summed E-state index contributed by atoms with van der Waals surface area (Å²) in [7, 11) is 4.20. The molecule has 1 atom stereocenters. The van der Waals surface area contributed by atoms with Gasteiger partial charge in [0.25, 0.3) is 0 Å². The Morgan fingerprint density at radius 3 is 2.59 bits per heavy atom. The standard InChI is InChI=1S/C25H29N5O2/c1-6-32-25(31)22-17(3)27-30-23(22)20(14-26)16(2)21(18-10-8-7-9-11-18)24(30)29-13-12-19(15-29)28(4)5/h7-11,19H,6,12-13,15H2,1-5H3/t19-/m0/s1. The number of nitriles is 1. The van der Waals surface area contributed by atoms with Crippen molar-refractivity contribution in [1.29, 1.82) is 5.26 Å². The van der Waals surface area contributed by atoms with E-state index in [-0.39, 0.29) is 6.61 Å². The molecule has 1 fully saturated rings. The molecule has 0 unspecified atom stereocenters. The summed E-state index contributed by atoms with van der Waals surface area (Å²) in [6, 6.07) is 12.9. The molecule has 1 aliphatic rings. The molecule has 0 N–H and O–H groups in total. The van der Waals surface area contributed by atoms with Crippen LogP contribution in [0.3, 0.4) is 0 Å². The van der Waals surface area contributed by atoms with Gasteiger partial charge in [0.2, 0.25) is 0 Å². The van der Waals surface area contributed by atoms with Crippen molar-refractivity contribution in [1.82, 2.24) is 14.5 Å². The van der Waals surface area contributed by atoms with Crippen molar-refractivity contribution >= 4 is 17.3 Å². The van der Waals surface area contributed by atoms with E-state index in [1.54, 1.807) is 18.4 Å². The first-order valence-corrected chi connectivity index (χ1v) is 11.0. The minimum atomic E-state index is -0.443. The van der Waals surface area contributed by atoms with E-state index in [4.69, 9.17) is 9.84 Å². The number of hydrogen-bond acceptors (Lipinski definition) is 6. The molecule has 0 radical (unpaired) electrons. The first-order valence-electron chi connectivity index (χ1n) is 11.0. The molecular weight excluding hydrogens is 402 g/mol. The fourth-order valence-corrected chi connectivity index (χ4v) is 4.67. The number of likely N-dealkylation sites (N-methyl/N-ethyl adjacent to an activating group) is 1. The van der Waals surface area contributed by atoms with E-state index >= 15 is 0 Å². The van der Waals surface area contributed by atoms with E-state index < -0.39 is 5.97 Å². The molecular formula is C25H29N5O2. The molecule has 7 heteroatoms. The van der Waals surface area contributed by atoms with E-state index in [0.29, 0.717) is 28.4 Å². The van der Waals surface area contributed by atoms with E-state index in [9.17, 15) is 10.1 Å². The topological polar surface area (TPSA) is 73.9 Å². The van der Waals surface area contributed by atoms with Crippen LogP contribution in [0.5, 0.6) is 0 Å². The number of pyridine rings is 1. The largest absolute Gasteiger partial charge is 0.462 e. The highest BCUT2D eigenvalue weighted by molar-refractivity contribution is 6.02. The molecule has 32 heavy (non-hydrogen) atoms. The number of anilines is 1. The van der Waals surface area contributed by atoms with Crippen LogP contribution >= 0.6 is 0 Å². The molecule has 0 bridgehead atoms. The van der Waals surface area contributed by atoms with Crippen molar-refractivity contribution in [2.24, 2.45) is 0 Å². The Morgan fingerprint density at radius 2 is 2.00 bits per heavy atom. The quantitative estimate of drug-likeness (QED) is 0.572. The zero-order chi connectivity index (χ0) is 23.0. The van der Waals surface area contributed by atoms with Gasteiger partial charge in [-0.1, -0.05) is 30.3 Å². The number of rotatable bonds is 5. The average molecular weight is 432 g/mol. The highest BCUT2D eigenvalue weighted by atomic mass is 16.5. The molecule has 0 saturated carbocycles. The van der Waals surface area contributed by atoms with Crippen molar-refractivity contribution in [3.8, 4) is 17.2 Å². The molecule has 3 heterocycles. The van der Waals surface area contributed by atoms with Gasteiger partial charge in [0.05, 0.1) is 17.9 Å². The molecule has 3 aromatic rings. The van der Waals surface area contributed by atoms with Gasteiger partial charge in [-0.15, -0.1) is 0 Å². The van der Waals surface area contributed by atoms with Gasteiger partial charge in [-0.25, -0.2) is 9.31 Å². The van der Waals surface area contributed by atoms with Crippen molar-refractivity contribution in [2.75, 3.05) is 38.7 Å². The lowest BCUT2D eigenvalue weighted by Gasteiger charge is -2.26. The number of benzene rings is 1. The van der Waals surface area contributed by atoms with Gasteiger partial charge >= 0.3 is 5.97 Å². The first-order chi connectivity index (χ1) is 15.4. The van der Waals surface area contributed by atoms with E-state index in [2.05, 4.69) is 42.1 Å². The maximum Gasteiger partial charge on any atom is 0.342 e. The highest BCUT2D eigenvalue weighted by Gasteiger charge is 2.32. The average Bonchev–Trinajstić information content (AvgIpc) is 3.38. The predicted molar refractivity (Wildman–Crippen MR) is 125 cm³/mol. The molecule has 1 aliphatic heterocycles. The van der Waals surface area contributed by atoms with Gasteiger partial charge in [-0.3, -0.25) is 0 Å². The Kier molecular flexibility index (Phi) is 5.90. The molecule has 0 spiro atoms. The third-order valence-corrected chi connectivity index (χ3v) is 6.32. The van der Waals surface area contributed by atoms with E-state index in [1.165, 1.54) is 0 Å². The molecule has 166 valence electrons. The SMILES string of the molecule is CCOC(=O)c1c(C)nn2c(N3CC[C@H](N(C)C)C3)c(-c3ccccc3)c(C)c(C#N)c12. The van der Waals surface area contributed by atoms with Crippen molar-refractivity contribution in [3.05, 3.63) is 52.7 Å². The minimum absolute atomic E-state index is 0.266. The summed E-state index contributed by atoms with van der Waals surface area (Å²) in [4.78, 5) is 17.4. The number of hydrogen-bond donors (Lipinski definition) is 0. The number of carbonyl (C=O) groups excluding carboxylic acids is 1. The fourth-order valence-electron chi connectivity index (χ4n) is 4.67. The number of aromatic nitrogens is 2. The molecule has 0 aliphatic carbocycles. The number of ether oxygens (including phenoxy) is 1. The zero-order valence-electron chi connectivity index (χ0n) is 19.3. The number of aryl methyl sites for hydroxylation is 1. The van der Waals surface area contributed by atoms with Crippen molar-refractivity contribution in [3.63, 3.8) is 0 Å². The van der Waals surface area contributed by atoms with Crippen LogP contribution in [0.25, 0.3) is 16.6 Å². The Morgan fingerprint density at radius 1 is 1.28 bits per heavy atom. The zero-order valence-corrected chi connectivity index (χ0v) is 19.3. The summed E-state index contributed by atoms with van der Waals surface area (Å²) in [6.07, 6.45) is 1.03. The second-order valence-electron chi connectivity index (χ2n) is 8.47. The Labute approximate surface area is 188 Å². The minimum Gasteiger partial charge on any atom is -0.462 e. The van der Waals surface area contributed by atoms with Crippen LogP contribution in [0.1, 0.15) is 40.5 Å². The third kappa shape index (κ3) is 3.51. The van der Waals surface area contributed by atoms with Gasteiger partial charge < -0.3 is 14.5 Å².